The average Bonchev–Trinajstić information content (AvgIpc) is 2.56. The van der Waals surface area contributed by atoms with Gasteiger partial charge in [-0.05, 0) is 45.0 Å². The van der Waals surface area contributed by atoms with Gasteiger partial charge in [-0.15, -0.1) is 0 Å². The largest absolute Gasteiger partial charge is 0.379 e. The van der Waals surface area contributed by atoms with Gasteiger partial charge in [0.25, 0.3) is 0 Å². The second-order valence-electron chi connectivity index (χ2n) is 6.93. The first-order chi connectivity index (χ1) is 12.2. The van der Waals surface area contributed by atoms with E-state index in [4.69, 9.17) is 0 Å². The van der Waals surface area contributed by atoms with Crippen molar-refractivity contribution in [3.8, 4) is 0 Å². The van der Waals surface area contributed by atoms with E-state index in [1.54, 1.807) is 24.3 Å². The number of benzene rings is 2. The normalized spacial score (nSPS) is 11.8. The number of hydrogen-bond acceptors (Lipinski definition) is 4. The molecule has 0 saturated carbocycles. The maximum atomic E-state index is 12.2. The van der Waals surface area contributed by atoms with E-state index in [2.05, 4.69) is 15.4 Å². The standard InChI is InChI=1S/C19H25N3O3S/c1-19(2,3)22-17-12-8-7-11-16(17)21-18(23)13-14-20-26(24,25)15-9-5-4-6-10-15/h4-12,20,22H,13-14H2,1-3H3,(H,21,23). The smallest absolute Gasteiger partial charge is 0.240 e. The predicted octanol–water partition coefficient (Wildman–Crippen LogP) is 3.20. The molecule has 7 heteroatoms. The molecule has 140 valence electrons. The van der Waals surface area contributed by atoms with Gasteiger partial charge in [-0.2, -0.15) is 0 Å². The Balaban J connectivity index is 1.92. The number of anilines is 2. The lowest BCUT2D eigenvalue weighted by atomic mass is 10.1. The fraction of sp³-hybridized carbons (Fsp3) is 0.316. The van der Waals surface area contributed by atoms with Crippen molar-refractivity contribution in [2.24, 2.45) is 0 Å². The summed E-state index contributed by atoms with van der Waals surface area (Å²) in [7, 11) is -3.60. The summed E-state index contributed by atoms with van der Waals surface area (Å²) in [4.78, 5) is 12.4. The number of carbonyl (C=O) groups excluding carboxylic acids is 1. The molecule has 26 heavy (non-hydrogen) atoms. The highest BCUT2D eigenvalue weighted by atomic mass is 32.2. The first-order valence-corrected chi connectivity index (χ1v) is 9.87. The summed E-state index contributed by atoms with van der Waals surface area (Å²) in [5.41, 5.74) is 1.34. The molecule has 0 heterocycles. The van der Waals surface area contributed by atoms with Crippen LogP contribution in [0.25, 0.3) is 0 Å². The van der Waals surface area contributed by atoms with Crippen LogP contribution in [0.1, 0.15) is 27.2 Å². The van der Waals surface area contributed by atoms with Crippen LogP contribution in [0.5, 0.6) is 0 Å². The van der Waals surface area contributed by atoms with Crippen LogP contribution in [0, 0.1) is 0 Å². The van der Waals surface area contributed by atoms with E-state index >= 15 is 0 Å². The Kier molecular flexibility index (Phi) is 6.39. The summed E-state index contributed by atoms with van der Waals surface area (Å²) in [6.45, 7) is 6.12. The summed E-state index contributed by atoms with van der Waals surface area (Å²) in [6, 6.07) is 15.5. The first-order valence-electron chi connectivity index (χ1n) is 8.39. The lowest BCUT2D eigenvalue weighted by Crippen LogP contribution is -2.29. The number of rotatable bonds is 7. The van der Waals surface area contributed by atoms with E-state index < -0.39 is 10.0 Å². The van der Waals surface area contributed by atoms with E-state index in [1.807, 2.05) is 39.0 Å². The van der Waals surface area contributed by atoms with Gasteiger partial charge in [-0.25, -0.2) is 13.1 Å². The lowest BCUT2D eigenvalue weighted by molar-refractivity contribution is -0.116. The number of hydrogen-bond donors (Lipinski definition) is 3. The van der Waals surface area contributed by atoms with Gasteiger partial charge < -0.3 is 10.6 Å². The van der Waals surface area contributed by atoms with Gasteiger partial charge in [-0.3, -0.25) is 4.79 Å². The van der Waals surface area contributed by atoms with E-state index in [-0.39, 0.29) is 29.3 Å². The van der Waals surface area contributed by atoms with E-state index in [0.29, 0.717) is 5.69 Å². The molecule has 0 fully saturated rings. The molecule has 0 spiro atoms. The van der Waals surface area contributed by atoms with Gasteiger partial charge in [0.1, 0.15) is 0 Å². The summed E-state index contributed by atoms with van der Waals surface area (Å²) in [5, 5.41) is 6.15. The minimum atomic E-state index is -3.60. The second-order valence-corrected chi connectivity index (χ2v) is 8.70. The van der Waals surface area contributed by atoms with Crippen molar-refractivity contribution >= 4 is 27.3 Å². The molecule has 2 aromatic carbocycles. The van der Waals surface area contributed by atoms with Crippen LogP contribution >= 0.6 is 0 Å². The maximum Gasteiger partial charge on any atom is 0.240 e. The molecule has 0 bridgehead atoms. The van der Waals surface area contributed by atoms with Crippen molar-refractivity contribution < 1.29 is 13.2 Å². The Morgan fingerprint density at radius 2 is 1.50 bits per heavy atom. The summed E-state index contributed by atoms with van der Waals surface area (Å²) in [6.07, 6.45) is 0.0376. The Morgan fingerprint density at radius 3 is 2.12 bits per heavy atom. The van der Waals surface area contributed by atoms with Crippen molar-refractivity contribution in [1.29, 1.82) is 0 Å². The number of sulfonamides is 1. The fourth-order valence-electron chi connectivity index (χ4n) is 2.30. The SMILES string of the molecule is CC(C)(C)Nc1ccccc1NC(=O)CCNS(=O)(=O)c1ccccc1. The summed E-state index contributed by atoms with van der Waals surface area (Å²) >= 11 is 0. The van der Waals surface area contributed by atoms with Crippen molar-refractivity contribution in [3.63, 3.8) is 0 Å². The zero-order chi connectivity index (χ0) is 19.2. The zero-order valence-corrected chi connectivity index (χ0v) is 16.1. The molecule has 0 aromatic heterocycles. The molecule has 0 atom stereocenters. The second kappa shape index (κ2) is 8.33. The Morgan fingerprint density at radius 1 is 0.923 bits per heavy atom. The van der Waals surface area contributed by atoms with Gasteiger partial charge in [0.05, 0.1) is 16.3 Å². The van der Waals surface area contributed by atoms with E-state index in [9.17, 15) is 13.2 Å². The monoisotopic (exact) mass is 375 g/mol. The van der Waals surface area contributed by atoms with Crippen LogP contribution < -0.4 is 15.4 Å². The number of amides is 1. The van der Waals surface area contributed by atoms with Crippen LogP contribution in [0.4, 0.5) is 11.4 Å². The highest BCUT2D eigenvalue weighted by Crippen LogP contribution is 2.24. The summed E-state index contributed by atoms with van der Waals surface area (Å²) in [5.74, 6) is -0.260. The molecule has 0 aliphatic heterocycles. The topological polar surface area (TPSA) is 87.3 Å². The summed E-state index contributed by atoms with van der Waals surface area (Å²) < 4.78 is 26.7. The number of carbonyl (C=O) groups is 1. The van der Waals surface area contributed by atoms with Crippen molar-refractivity contribution in [2.45, 2.75) is 37.6 Å². The van der Waals surface area contributed by atoms with Gasteiger partial charge in [0.15, 0.2) is 0 Å². The average molecular weight is 375 g/mol. The molecule has 0 aliphatic rings. The molecule has 2 rings (SSSR count). The van der Waals surface area contributed by atoms with Crippen LogP contribution in [-0.2, 0) is 14.8 Å². The third-order valence-electron chi connectivity index (χ3n) is 3.41. The number of nitrogens with one attached hydrogen (secondary N) is 3. The van der Waals surface area contributed by atoms with Gasteiger partial charge in [0, 0.05) is 18.5 Å². The minimum Gasteiger partial charge on any atom is -0.379 e. The maximum absolute atomic E-state index is 12.2. The van der Waals surface area contributed by atoms with Gasteiger partial charge >= 0.3 is 0 Å². The van der Waals surface area contributed by atoms with Crippen molar-refractivity contribution in [1.82, 2.24) is 4.72 Å². The van der Waals surface area contributed by atoms with Crippen LogP contribution in [0.3, 0.4) is 0 Å². The highest BCUT2D eigenvalue weighted by Gasteiger charge is 2.15. The minimum absolute atomic E-state index is 0.0257. The van der Waals surface area contributed by atoms with E-state index in [1.165, 1.54) is 12.1 Å². The quantitative estimate of drug-likeness (QED) is 0.693. The van der Waals surface area contributed by atoms with Crippen LogP contribution in [0.2, 0.25) is 0 Å². The van der Waals surface area contributed by atoms with Crippen molar-refractivity contribution in [3.05, 3.63) is 54.6 Å². The third kappa shape index (κ3) is 6.16. The van der Waals surface area contributed by atoms with Crippen LogP contribution in [-0.4, -0.2) is 26.4 Å². The Bertz CT molecular complexity index is 844. The Labute approximate surface area is 155 Å². The van der Waals surface area contributed by atoms with Gasteiger partial charge in [-0.1, -0.05) is 30.3 Å². The molecule has 2 aromatic rings. The molecule has 0 saturated heterocycles. The molecule has 0 unspecified atom stereocenters. The highest BCUT2D eigenvalue weighted by molar-refractivity contribution is 7.89. The first kappa shape index (κ1) is 19.9. The zero-order valence-electron chi connectivity index (χ0n) is 15.2. The molecular formula is C19H25N3O3S. The molecule has 0 aliphatic carbocycles. The molecule has 3 N–H and O–H groups in total. The fourth-order valence-corrected chi connectivity index (χ4v) is 3.35. The number of para-hydroxylation sites is 2. The molecule has 6 nitrogen and oxygen atoms in total. The Hall–Kier alpha value is -2.38. The molecular weight excluding hydrogens is 350 g/mol. The molecule has 1 amide bonds. The molecule has 0 radical (unpaired) electrons. The lowest BCUT2D eigenvalue weighted by Gasteiger charge is -2.24. The van der Waals surface area contributed by atoms with Crippen LogP contribution in [0.15, 0.2) is 59.5 Å². The van der Waals surface area contributed by atoms with Crippen molar-refractivity contribution in [2.75, 3.05) is 17.2 Å². The predicted molar refractivity (Wildman–Crippen MR) is 105 cm³/mol. The van der Waals surface area contributed by atoms with E-state index in [0.717, 1.165) is 5.69 Å². The van der Waals surface area contributed by atoms with Gasteiger partial charge in [0.2, 0.25) is 15.9 Å². The third-order valence-corrected chi connectivity index (χ3v) is 4.89.